The van der Waals surface area contributed by atoms with Gasteiger partial charge in [0.2, 0.25) is 0 Å². The van der Waals surface area contributed by atoms with Crippen LogP contribution in [0.25, 0.3) is 22.3 Å². The van der Waals surface area contributed by atoms with Crippen LogP contribution in [0.3, 0.4) is 0 Å². The predicted molar refractivity (Wildman–Crippen MR) is 250 cm³/mol. The van der Waals surface area contributed by atoms with Crippen LogP contribution in [0.5, 0.6) is 0 Å². The zero-order chi connectivity index (χ0) is 44.3. The molecule has 1 heterocycles. The molecule has 2 unspecified atom stereocenters. The molecule has 1 aliphatic heterocycles. The van der Waals surface area contributed by atoms with Gasteiger partial charge < -0.3 is 9.31 Å². The van der Waals surface area contributed by atoms with E-state index in [4.69, 9.17) is 9.31 Å². The van der Waals surface area contributed by atoms with Crippen molar-refractivity contribution in [1.29, 1.82) is 0 Å². The molecule has 326 valence electrons. The summed E-state index contributed by atoms with van der Waals surface area (Å²) >= 11 is 0. The van der Waals surface area contributed by atoms with Gasteiger partial charge in [-0.1, -0.05) is 137 Å². The average Bonchev–Trinajstić information content (AvgIpc) is 3.78. The number of halogens is 3. The van der Waals surface area contributed by atoms with Crippen molar-refractivity contribution in [2.75, 3.05) is 0 Å². The molecule has 3 aromatic rings. The Morgan fingerprint density at radius 2 is 1.46 bits per heavy atom. The molecule has 0 bridgehead atoms. The maximum atomic E-state index is 14.9. The highest BCUT2D eigenvalue weighted by atomic mass is 19.4. The fourth-order valence-corrected chi connectivity index (χ4v) is 11.1. The Morgan fingerprint density at radius 3 is 2.10 bits per heavy atom. The summed E-state index contributed by atoms with van der Waals surface area (Å²) in [6.07, 6.45) is 13.4. The molecule has 0 aromatic heterocycles. The molecule has 7 rings (SSSR count). The first kappa shape index (κ1) is 45.4. The van der Waals surface area contributed by atoms with Crippen LogP contribution in [-0.2, 0) is 26.6 Å². The molecule has 6 heteroatoms. The minimum absolute atomic E-state index is 0.0572. The van der Waals surface area contributed by atoms with Crippen molar-refractivity contribution in [2.45, 2.75) is 176 Å². The van der Waals surface area contributed by atoms with E-state index in [1.54, 1.807) is 29.3 Å². The summed E-state index contributed by atoms with van der Waals surface area (Å²) in [6, 6.07) is 19.4. The molecule has 4 aliphatic rings. The van der Waals surface area contributed by atoms with Gasteiger partial charge in [-0.25, -0.2) is 0 Å². The second kappa shape index (κ2) is 16.5. The molecule has 0 saturated carbocycles. The molecule has 3 aliphatic carbocycles. The Kier molecular flexibility index (Phi) is 12.3. The standard InChI is InChI=1S/C55H70BF3O2/c1-13-37(40-25-24-38(48(34-40)50(6,7)14-2)21-19-20-36(5)56-60-51(8,9)52(10,11)61-56)26-29-43-33-42-32-39(28-31-46(42)54(43,15-3)16-4)41-27-30-45-44-22-17-18-23-47(44)53(12,49(45)35-41)55(57,58)59/h17-18,20,22-23,26-32,35,40H,13-16,19,21,24-25,33-34H2,1-12H3/b36-20+,37-26+,43-29+. The third kappa shape index (κ3) is 7.79. The predicted octanol–water partition coefficient (Wildman–Crippen LogP) is 16.0. The average molecular weight is 831 g/mol. The minimum Gasteiger partial charge on any atom is -0.400 e. The molecule has 2 nitrogen and oxygen atoms in total. The number of rotatable bonds is 12. The number of hydrogen-bond acceptors (Lipinski definition) is 2. The van der Waals surface area contributed by atoms with Crippen LogP contribution in [0.1, 0.15) is 163 Å². The van der Waals surface area contributed by atoms with E-state index >= 15 is 0 Å². The number of fused-ring (bicyclic) bond motifs is 4. The van der Waals surface area contributed by atoms with Crippen molar-refractivity contribution in [3.8, 4) is 22.3 Å². The van der Waals surface area contributed by atoms with Crippen molar-refractivity contribution in [3.63, 3.8) is 0 Å². The summed E-state index contributed by atoms with van der Waals surface area (Å²) in [6.45, 7) is 26.1. The number of hydrogen-bond donors (Lipinski definition) is 0. The molecular formula is C55H70BF3O2. The molecule has 1 saturated heterocycles. The van der Waals surface area contributed by atoms with Crippen LogP contribution in [0.15, 0.2) is 107 Å². The number of allylic oxidation sites excluding steroid dienone is 8. The first-order chi connectivity index (χ1) is 28.7. The van der Waals surface area contributed by atoms with Gasteiger partial charge in [0.05, 0.1) is 11.2 Å². The maximum Gasteiger partial charge on any atom is 0.489 e. The topological polar surface area (TPSA) is 18.5 Å². The third-order valence-electron chi connectivity index (χ3n) is 16.4. The van der Waals surface area contributed by atoms with Gasteiger partial charge in [-0.05, 0) is 173 Å². The Morgan fingerprint density at radius 1 is 0.820 bits per heavy atom. The fraction of sp³-hybridized carbons (Fsp3) is 0.527. The Labute approximate surface area is 366 Å². The summed E-state index contributed by atoms with van der Waals surface area (Å²) in [7, 11) is -0.288. The van der Waals surface area contributed by atoms with Crippen molar-refractivity contribution >= 4 is 7.12 Å². The van der Waals surface area contributed by atoms with Gasteiger partial charge in [-0.2, -0.15) is 13.2 Å². The molecule has 0 amide bonds. The summed E-state index contributed by atoms with van der Waals surface area (Å²) in [5.41, 5.74) is 11.3. The highest BCUT2D eigenvalue weighted by molar-refractivity contribution is 6.54. The molecule has 0 spiro atoms. The SMILES string of the molecule is CC/C(=C\C=C1/Cc2cc(-c3ccc4c(c3)C(C)(C(F)(F)F)c3ccccc3-4)ccc2C1(CC)CC)C1CCC(CC/C=C(\C)B2OC(C)(C)C(C)(C)O2)=C(C(C)(C)CC)C1. The van der Waals surface area contributed by atoms with Crippen LogP contribution < -0.4 is 0 Å². The molecule has 61 heavy (non-hydrogen) atoms. The lowest BCUT2D eigenvalue weighted by Gasteiger charge is -2.37. The van der Waals surface area contributed by atoms with Gasteiger partial charge in [-0.15, -0.1) is 0 Å². The van der Waals surface area contributed by atoms with Crippen LogP contribution in [-0.4, -0.2) is 24.5 Å². The number of benzene rings is 3. The van der Waals surface area contributed by atoms with Crippen molar-refractivity contribution < 1.29 is 22.5 Å². The molecule has 0 radical (unpaired) electrons. The molecular weight excluding hydrogens is 760 g/mol. The second-order valence-electron chi connectivity index (χ2n) is 20.4. The van der Waals surface area contributed by atoms with E-state index < -0.39 is 11.6 Å². The monoisotopic (exact) mass is 831 g/mol. The van der Waals surface area contributed by atoms with E-state index in [1.165, 1.54) is 35.6 Å². The van der Waals surface area contributed by atoms with E-state index in [-0.39, 0.29) is 29.2 Å². The highest BCUT2D eigenvalue weighted by Gasteiger charge is 2.58. The fourth-order valence-electron chi connectivity index (χ4n) is 11.1. The van der Waals surface area contributed by atoms with Gasteiger partial charge >= 0.3 is 13.3 Å². The largest absolute Gasteiger partial charge is 0.489 e. The lowest BCUT2D eigenvalue weighted by molar-refractivity contribution is -0.172. The van der Waals surface area contributed by atoms with E-state index in [9.17, 15) is 13.2 Å². The summed E-state index contributed by atoms with van der Waals surface area (Å²) in [5, 5.41) is 0. The van der Waals surface area contributed by atoms with Crippen molar-refractivity contribution in [1.82, 2.24) is 0 Å². The van der Waals surface area contributed by atoms with Gasteiger partial charge in [0.25, 0.3) is 0 Å². The zero-order valence-electron chi connectivity index (χ0n) is 39.2. The lowest BCUT2D eigenvalue weighted by Crippen LogP contribution is -2.41. The van der Waals surface area contributed by atoms with Crippen LogP contribution in [0, 0.1) is 11.3 Å². The van der Waals surface area contributed by atoms with E-state index in [1.807, 2.05) is 24.3 Å². The molecule has 1 fully saturated rings. The van der Waals surface area contributed by atoms with Gasteiger partial charge in [0.1, 0.15) is 5.41 Å². The van der Waals surface area contributed by atoms with E-state index in [0.717, 1.165) is 74.4 Å². The summed E-state index contributed by atoms with van der Waals surface area (Å²) in [4.78, 5) is 0. The van der Waals surface area contributed by atoms with Crippen LogP contribution in [0.2, 0.25) is 0 Å². The van der Waals surface area contributed by atoms with Gasteiger partial charge in [-0.3, -0.25) is 0 Å². The summed E-state index contributed by atoms with van der Waals surface area (Å²) < 4.78 is 57.5. The molecule has 3 aromatic carbocycles. The minimum atomic E-state index is -4.42. The van der Waals surface area contributed by atoms with Gasteiger partial charge in [0, 0.05) is 5.41 Å². The van der Waals surface area contributed by atoms with E-state index in [0.29, 0.717) is 28.2 Å². The lowest BCUT2D eigenvalue weighted by atomic mass is 9.68. The maximum absolute atomic E-state index is 14.9. The summed E-state index contributed by atoms with van der Waals surface area (Å²) in [5.74, 6) is 0.523. The second-order valence-corrected chi connectivity index (χ2v) is 20.4. The third-order valence-corrected chi connectivity index (χ3v) is 16.4. The Balaban J connectivity index is 1.13. The Bertz CT molecular complexity index is 2260. The van der Waals surface area contributed by atoms with Crippen LogP contribution in [0.4, 0.5) is 13.2 Å². The van der Waals surface area contributed by atoms with Crippen molar-refractivity contribution in [2.24, 2.45) is 11.3 Å². The molecule has 0 N–H and O–H groups in total. The Hall–Kier alpha value is -3.61. The first-order valence-electron chi connectivity index (χ1n) is 23.3. The van der Waals surface area contributed by atoms with E-state index in [2.05, 4.69) is 113 Å². The highest BCUT2D eigenvalue weighted by Crippen LogP contribution is 2.57. The zero-order valence-corrected chi connectivity index (χ0v) is 39.2. The van der Waals surface area contributed by atoms with Crippen LogP contribution >= 0.6 is 0 Å². The molecule has 2 atom stereocenters. The first-order valence-corrected chi connectivity index (χ1v) is 23.3. The normalized spacial score (nSPS) is 24.1. The van der Waals surface area contributed by atoms with Gasteiger partial charge in [0.15, 0.2) is 0 Å². The van der Waals surface area contributed by atoms with Crippen molar-refractivity contribution in [3.05, 3.63) is 129 Å². The smallest absolute Gasteiger partial charge is 0.400 e. The number of alkyl halides is 3. The quantitative estimate of drug-likeness (QED) is 0.134.